The normalized spacial score (nSPS) is 58.6. The van der Waals surface area contributed by atoms with Gasteiger partial charge in [0.1, 0.15) is 0 Å². The van der Waals surface area contributed by atoms with Crippen molar-refractivity contribution in [1.29, 1.82) is 0 Å². The molecule has 6 nitrogen and oxygen atoms in total. The Balaban J connectivity index is 1.65. The molecule has 4 saturated carbocycles. The molecule has 36 heavy (non-hydrogen) atoms. The number of carbonyl (C=O) groups is 1. The lowest BCUT2D eigenvalue weighted by molar-refractivity contribution is -0.273. The largest absolute Gasteiger partial charge is 0.481 e. The summed E-state index contributed by atoms with van der Waals surface area (Å²) in [5, 5.41) is 54.7. The van der Waals surface area contributed by atoms with E-state index in [0.717, 1.165) is 25.7 Å². The van der Waals surface area contributed by atoms with Gasteiger partial charge in [0, 0.05) is 11.3 Å². The molecule has 5 aliphatic rings. The Kier molecular flexibility index (Phi) is 5.95. The fraction of sp³-hybridized carbons (Fsp3) is 0.900. The van der Waals surface area contributed by atoms with Gasteiger partial charge in [-0.2, -0.15) is 0 Å². The summed E-state index contributed by atoms with van der Waals surface area (Å²) >= 11 is 0. The first-order chi connectivity index (χ1) is 16.6. The number of rotatable bonds is 2. The van der Waals surface area contributed by atoms with Crippen LogP contribution in [0.15, 0.2) is 11.6 Å². The molecule has 0 aromatic rings. The van der Waals surface area contributed by atoms with Gasteiger partial charge in [0.2, 0.25) is 0 Å². The molecule has 0 bridgehead atoms. The third-order valence-corrected chi connectivity index (χ3v) is 13.4. The highest BCUT2D eigenvalue weighted by Gasteiger charge is 2.72. The Morgan fingerprint density at radius 1 is 1.00 bits per heavy atom. The van der Waals surface area contributed by atoms with Gasteiger partial charge >= 0.3 is 5.97 Å². The summed E-state index contributed by atoms with van der Waals surface area (Å²) in [5.41, 5.74) is -1.41. The Bertz CT molecular complexity index is 963. The maximum atomic E-state index is 12.8. The highest BCUT2D eigenvalue weighted by Crippen LogP contribution is 2.75. The number of fused-ring (bicyclic) bond motifs is 7. The third kappa shape index (κ3) is 2.96. The number of carboxylic acid groups (broad SMARTS) is 1. The smallest absolute Gasteiger partial charge is 0.310 e. The number of aliphatic carboxylic acids is 1. The number of hydrogen-bond donors (Lipinski definition) is 5. The zero-order valence-electron chi connectivity index (χ0n) is 23.0. The first-order valence-corrected chi connectivity index (χ1v) is 14.2. The van der Waals surface area contributed by atoms with Gasteiger partial charge in [0.25, 0.3) is 0 Å². The van der Waals surface area contributed by atoms with Gasteiger partial charge in [-0.15, -0.1) is 0 Å². The molecule has 0 unspecified atom stereocenters. The van der Waals surface area contributed by atoms with Crippen LogP contribution in [0.1, 0.15) is 86.5 Å². The highest BCUT2D eigenvalue weighted by atomic mass is 16.4. The molecule has 0 spiro atoms. The van der Waals surface area contributed by atoms with Crippen molar-refractivity contribution < 1.29 is 30.3 Å². The molecular formula is C30H48O6. The van der Waals surface area contributed by atoms with Crippen molar-refractivity contribution in [3.8, 4) is 0 Å². The Morgan fingerprint density at radius 3 is 2.28 bits per heavy atom. The molecule has 13 atom stereocenters. The van der Waals surface area contributed by atoms with E-state index < -0.39 is 40.5 Å². The molecule has 0 aromatic heterocycles. The molecule has 0 saturated heterocycles. The topological polar surface area (TPSA) is 118 Å². The van der Waals surface area contributed by atoms with Crippen molar-refractivity contribution in [1.82, 2.24) is 0 Å². The second kappa shape index (κ2) is 8.03. The lowest BCUT2D eigenvalue weighted by Gasteiger charge is -2.72. The highest BCUT2D eigenvalue weighted by molar-refractivity contribution is 5.76. The molecule has 0 amide bonds. The van der Waals surface area contributed by atoms with Crippen molar-refractivity contribution >= 4 is 5.97 Å². The molecule has 5 rings (SSSR count). The van der Waals surface area contributed by atoms with Gasteiger partial charge in [-0.1, -0.05) is 53.2 Å². The third-order valence-electron chi connectivity index (χ3n) is 13.4. The van der Waals surface area contributed by atoms with Gasteiger partial charge in [-0.25, -0.2) is 0 Å². The molecule has 5 N–H and O–H groups in total. The van der Waals surface area contributed by atoms with Crippen LogP contribution in [0.5, 0.6) is 0 Å². The average molecular weight is 505 g/mol. The van der Waals surface area contributed by atoms with E-state index in [-0.39, 0.29) is 41.1 Å². The Hall–Kier alpha value is -0.950. The number of aliphatic hydroxyl groups excluding tert-OH is 4. The van der Waals surface area contributed by atoms with Crippen LogP contribution in [0.2, 0.25) is 0 Å². The van der Waals surface area contributed by atoms with Crippen LogP contribution in [0.3, 0.4) is 0 Å². The molecule has 4 fully saturated rings. The van der Waals surface area contributed by atoms with Crippen molar-refractivity contribution in [2.75, 3.05) is 6.61 Å². The van der Waals surface area contributed by atoms with E-state index in [9.17, 15) is 30.3 Å². The quantitative estimate of drug-likeness (QED) is 0.363. The second-order valence-corrected chi connectivity index (χ2v) is 14.6. The maximum Gasteiger partial charge on any atom is 0.310 e. The molecule has 0 aliphatic heterocycles. The van der Waals surface area contributed by atoms with E-state index in [2.05, 4.69) is 40.7 Å². The van der Waals surface area contributed by atoms with Gasteiger partial charge < -0.3 is 25.5 Å². The molecule has 5 aliphatic carbocycles. The first-order valence-electron chi connectivity index (χ1n) is 14.2. The molecule has 204 valence electrons. The number of hydrogen-bond acceptors (Lipinski definition) is 5. The standard InChI is InChI=1S/C30H48O6/c1-16-9-10-30(25(35)36)12-11-28(5)18(22(30)17(16)2)7-8-21-26(3)13-20(33)24(34)27(4,15-31)23(26)19(32)14-29(21,28)6/h7,16-17,19-24,31-34H,8-15H2,1-6H3,(H,35,36)/t16-,17+,19-,20-,21-,22+,23-,24+,26+,27-,28-,29+,30+/m1/s1. The van der Waals surface area contributed by atoms with Crippen LogP contribution in [-0.4, -0.2) is 56.4 Å². The van der Waals surface area contributed by atoms with E-state index >= 15 is 0 Å². The maximum absolute atomic E-state index is 12.8. The number of allylic oxidation sites excluding steroid dienone is 2. The Labute approximate surface area is 216 Å². The zero-order valence-corrected chi connectivity index (χ0v) is 23.0. The number of aliphatic hydroxyl groups is 4. The molecule has 0 aromatic carbocycles. The van der Waals surface area contributed by atoms with Crippen LogP contribution in [0.25, 0.3) is 0 Å². The van der Waals surface area contributed by atoms with Gasteiger partial charge in [-0.3, -0.25) is 4.79 Å². The van der Waals surface area contributed by atoms with Crippen molar-refractivity contribution in [2.24, 2.45) is 56.7 Å². The minimum absolute atomic E-state index is 0.000534. The van der Waals surface area contributed by atoms with Gasteiger partial charge in [0.15, 0.2) is 0 Å². The zero-order chi connectivity index (χ0) is 26.6. The fourth-order valence-corrected chi connectivity index (χ4v) is 11.2. The monoisotopic (exact) mass is 504 g/mol. The van der Waals surface area contributed by atoms with E-state index in [0.29, 0.717) is 25.2 Å². The first kappa shape index (κ1) is 26.6. The van der Waals surface area contributed by atoms with Gasteiger partial charge in [0.05, 0.1) is 30.3 Å². The van der Waals surface area contributed by atoms with Crippen molar-refractivity contribution in [3.05, 3.63) is 11.6 Å². The predicted octanol–water partition coefficient (Wildman–Crippen LogP) is 4.00. The van der Waals surface area contributed by atoms with Crippen LogP contribution >= 0.6 is 0 Å². The SMILES string of the molecule is C[C@H]1[C@H](C)CC[C@]2(C(=O)O)CC[C@]3(C)C(=CC[C@@H]4[C@]5(C)C[C@@H](O)[C@H](O)[C@](C)(CO)[C@@H]5[C@H](O)C[C@@]43C)[C@H]12. The molecule has 6 heteroatoms. The van der Waals surface area contributed by atoms with Crippen LogP contribution in [0, 0.1) is 56.7 Å². The summed E-state index contributed by atoms with van der Waals surface area (Å²) in [6, 6.07) is 0. The summed E-state index contributed by atoms with van der Waals surface area (Å²) in [7, 11) is 0. The molecular weight excluding hydrogens is 456 g/mol. The second-order valence-electron chi connectivity index (χ2n) is 14.6. The van der Waals surface area contributed by atoms with E-state index in [1.54, 1.807) is 0 Å². The van der Waals surface area contributed by atoms with Gasteiger partial charge in [-0.05, 0) is 84.9 Å². The summed E-state index contributed by atoms with van der Waals surface area (Å²) in [5.74, 6) is -0.0914. The van der Waals surface area contributed by atoms with E-state index in [4.69, 9.17) is 0 Å². The summed E-state index contributed by atoms with van der Waals surface area (Å²) in [6.07, 6.45) is 4.44. The van der Waals surface area contributed by atoms with Crippen LogP contribution < -0.4 is 0 Å². The van der Waals surface area contributed by atoms with Crippen molar-refractivity contribution in [3.63, 3.8) is 0 Å². The van der Waals surface area contributed by atoms with Crippen molar-refractivity contribution in [2.45, 2.75) is 105 Å². The molecule has 0 heterocycles. The minimum Gasteiger partial charge on any atom is -0.481 e. The van der Waals surface area contributed by atoms with Crippen LogP contribution in [0.4, 0.5) is 0 Å². The predicted molar refractivity (Wildman–Crippen MR) is 137 cm³/mol. The average Bonchev–Trinajstić information content (AvgIpc) is 2.80. The summed E-state index contributed by atoms with van der Waals surface area (Å²) in [4.78, 5) is 12.8. The number of carboxylic acids is 1. The van der Waals surface area contributed by atoms with E-state index in [1.807, 2.05) is 6.92 Å². The summed E-state index contributed by atoms with van der Waals surface area (Å²) in [6.45, 7) is 12.8. The Morgan fingerprint density at radius 2 is 1.67 bits per heavy atom. The van der Waals surface area contributed by atoms with E-state index in [1.165, 1.54) is 5.57 Å². The lowest BCUT2D eigenvalue weighted by atomic mass is 9.32. The fourth-order valence-electron chi connectivity index (χ4n) is 11.2. The minimum atomic E-state index is -1.08. The molecule has 0 radical (unpaired) electrons. The summed E-state index contributed by atoms with van der Waals surface area (Å²) < 4.78 is 0. The van der Waals surface area contributed by atoms with Crippen LogP contribution in [-0.2, 0) is 4.79 Å². The lowest BCUT2D eigenvalue weighted by Crippen LogP contribution is -2.71.